The van der Waals surface area contributed by atoms with Crippen LogP contribution in [-0.4, -0.2) is 36.8 Å². The van der Waals surface area contributed by atoms with Crippen molar-refractivity contribution in [2.24, 2.45) is 0 Å². The molecule has 140 valence electrons. The molecular formula is C20H26N2O4. The van der Waals surface area contributed by atoms with Crippen LogP contribution in [0, 0.1) is 0 Å². The van der Waals surface area contributed by atoms with E-state index >= 15 is 0 Å². The number of nitrogens with one attached hydrogen (secondary N) is 1. The molecule has 1 aromatic carbocycles. The molecule has 1 saturated carbocycles. The van der Waals surface area contributed by atoms with Gasteiger partial charge >= 0.3 is 0 Å². The Morgan fingerprint density at radius 1 is 1.23 bits per heavy atom. The normalized spacial score (nSPS) is 17.4. The van der Waals surface area contributed by atoms with Crippen molar-refractivity contribution in [3.05, 3.63) is 23.8 Å². The highest BCUT2D eigenvalue weighted by atomic mass is 16.5. The van der Waals surface area contributed by atoms with E-state index in [1.165, 1.54) is 26.2 Å². The number of carbonyl (C=O) groups excluding carboxylic acids is 3. The lowest BCUT2D eigenvalue weighted by Crippen LogP contribution is -2.40. The van der Waals surface area contributed by atoms with E-state index in [0.717, 1.165) is 12.8 Å². The van der Waals surface area contributed by atoms with E-state index < -0.39 is 0 Å². The van der Waals surface area contributed by atoms with Gasteiger partial charge in [0, 0.05) is 24.6 Å². The maximum Gasteiger partial charge on any atom is 0.265 e. The predicted octanol–water partition coefficient (Wildman–Crippen LogP) is 2.84. The minimum atomic E-state index is -0.147. The maximum atomic E-state index is 12.2. The Bertz CT molecular complexity index is 695. The summed E-state index contributed by atoms with van der Waals surface area (Å²) in [7, 11) is 0. The topological polar surface area (TPSA) is 75.7 Å². The lowest BCUT2D eigenvalue weighted by Gasteiger charge is -2.30. The van der Waals surface area contributed by atoms with Gasteiger partial charge in [0.2, 0.25) is 5.91 Å². The van der Waals surface area contributed by atoms with Crippen molar-refractivity contribution < 1.29 is 19.1 Å². The number of fused-ring (bicyclic) bond motifs is 1. The first-order chi connectivity index (χ1) is 12.5. The number of hydrogen-bond acceptors (Lipinski definition) is 4. The quantitative estimate of drug-likeness (QED) is 0.794. The summed E-state index contributed by atoms with van der Waals surface area (Å²) in [6.45, 7) is 1.92. The van der Waals surface area contributed by atoms with Gasteiger partial charge in [-0.15, -0.1) is 0 Å². The van der Waals surface area contributed by atoms with E-state index in [4.69, 9.17) is 4.74 Å². The standard InChI is InChI=1S/C20H26N2O4/c1-14(23)15-9-10-18-17(12-15)22(20(25)13-26-18)11-5-8-19(24)21-16-6-3-2-4-7-16/h9-10,12,16H,2-8,11,13H2,1H3,(H,21,24). The molecule has 1 fully saturated rings. The Morgan fingerprint density at radius 2 is 2.00 bits per heavy atom. The number of ether oxygens (including phenoxy) is 1. The highest BCUT2D eigenvalue weighted by Crippen LogP contribution is 2.33. The van der Waals surface area contributed by atoms with Crippen molar-refractivity contribution in [3.8, 4) is 5.75 Å². The Kier molecular flexibility index (Phi) is 5.91. The van der Waals surface area contributed by atoms with Gasteiger partial charge in [-0.2, -0.15) is 0 Å². The third-order valence-electron chi connectivity index (χ3n) is 5.06. The van der Waals surface area contributed by atoms with Crippen molar-refractivity contribution in [1.82, 2.24) is 5.32 Å². The number of nitrogens with zero attached hydrogens (tertiary/aromatic N) is 1. The minimum Gasteiger partial charge on any atom is -0.482 e. The fourth-order valence-corrected chi connectivity index (χ4v) is 3.61. The molecule has 0 radical (unpaired) electrons. The lowest BCUT2D eigenvalue weighted by atomic mass is 9.95. The number of hydrogen-bond donors (Lipinski definition) is 1. The average molecular weight is 358 g/mol. The van der Waals surface area contributed by atoms with Crippen LogP contribution in [0.5, 0.6) is 5.75 Å². The molecule has 1 aromatic rings. The number of amides is 2. The molecule has 2 amide bonds. The molecule has 0 aromatic heterocycles. The summed E-state index contributed by atoms with van der Waals surface area (Å²) >= 11 is 0. The maximum absolute atomic E-state index is 12.2. The first kappa shape index (κ1) is 18.4. The van der Waals surface area contributed by atoms with Crippen LogP contribution in [-0.2, 0) is 9.59 Å². The molecule has 0 spiro atoms. The molecule has 1 aliphatic heterocycles. The van der Waals surface area contributed by atoms with Crippen LogP contribution in [0.1, 0.15) is 62.2 Å². The molecule has 1 heterocycles. The summed E-state index contributed by atoms with van der Waals surface area (Å²) < 4.78 is 5.45. The summed E-state index contributed by atoms with van der Waals surface area (Å²) in [6, 6.07) is 5.42. The van der Waals surface area contributed by atoms with Gasteiger partial charge in [0.05, 0.1) is 5.69 Å². The molecule has 1 aliphatic carbocycles. The largest absolute Gasteiger partial charge is 0.482 e. The fraction of sp³-hybridized carbons (Fsp3) is 0.550. The Balaban J connectivity index is 1.57. The summed E-state index contributed by atoms with van der Waals surface area (Å²) in [5.41, 5.74) is 1.16. The van der Waals surface area contributed by atoms with Crippen LogP contribution in [0.3, 0.4) is 0 Å². The van der Waals surface area contributed by atoms with E-state index in [0.29, 0.717) is 42.4 Å². The zero-order valence-electron chi connectivity index (χ0n) is 15.3. The van der Waals surface area contributed by atoms with Gasteiger partial charge in [-0.25, -0.2) is 0 Å². The zero-order valence-corrected chi connectivity index (χ0v) is 15.3. The predicted molar refractivity (Wildman–Crippen MR) is 98.5 cm³/mol. The van der Waals surface area contributed by atoms with Crippen molar-refractivity contribution in [2.75, 3.05) is 18.1 Å². The van der Waals surface area contributed by atoms with Gasteiger partial charge in [0.25, 0.3) is 5.91 Å². The van der Waals surface area contributed by atoms with Crippen LogP contribution < -0.4 is 15.0 Å². The number of carbonyl (C=O) groups is 3. The second-order valence-electron chi connectivity index (χ2n) is 7.08. The van der Waals surface area contributed by atoms with Gasteiger partial charge in [-0.1, -0.05) is 19.3 Å². The van der Waals surface area contributed by atoms with E-state index in [1.807, 2.05) is 0 Å². The molecule has 0 bridgehead atoms. The molecule has 26 heavy (non-hydrogen) atoms. The number of rotatable bonds is 6. The molecule has 3 rings (SSSR count). The van der Waals surface area contributed by atoms with E-state index in [1.54, 1.807) is 23.1 Å². The van der Waals surface area contributed by atoms with E-state index in [9.17, 15) is 14.4 Å². The SMILES string of the molecule is CC(=O)c1ccc2c(c1)N(CCCC(=O)NC1CCCCC1)C(=O)CO2. The monoisotopic (exact) mass is 358 g/mol. The highest BCUT2D eigenvalue weighted by molar-refractivity contribution is 6.01. The van der Waals surface area contributed by atoms with E-state index in [2.05, 4.69) is 5.32 Å². The third kappa shape index (κ3) is 4.42. The molecule has 6 heteroatoms. The van der Waals surface area contributed by atoms with Crippen LogP contribution in [0.25, 0.3) is 0 Å². The molecule has 0 atom stereocenters. The second-order valence-corrected chi connectivity index (χ2v) is 7.08. The molecule has 2 aliphatic rings. The van der Waals surface area contributed by atoms with E-state index in [-0.39, 0.29) is 24.2 Å². The van der Waals surface area contributed by atoms with Crippen molar-refractivity contribution in [2.45, 2.75) is 57.9 Å². The van der Waals surface area contributed by atoms with Gasteiger partial charge in [0.15, 0.2) is 12.4 Å². The van der Waals surface area contributed by atoms with Crippen molar-refractivity contribution in [1.29, 1.82) is 0 Å². The fourth-order valence-electron chi connectivity index (χ4n) is 3.61. The Labute approximate surface area is 153 Å². The molecule has 1 N–H and O–H groups in total. The Hall–Kier alpha value is -2.37. The second kappa shape index (κ2) is 8.34. The van der Waals surface area contributed by atoms with Crippen molar-refractivity contribution in [3.63, 3.8) is 0 Å². The Morgan fingerprint density at radius 3 is 2.73 bits per heavy atom. The zero-order chi connectivity index (χ0) is 18.5. The van der Waals surface area contributed by atoms with Crippen LogP contribution in [0.15, 0.2) is 18.2 Å². The summed E-state index contributed by atoms with van der Waals surface area (Å²) in [5.74, 6) is 0.445. The molecule has 0 unspecified atom stereocenters. The number of benzene rings is 1. The smallest absolute Gasteiger partial charge is 0.265 e. The molecular weight excluding hydrogens is 332 g/mol. The van der Waals surface area contributed by atoms with Crippen LogP contribution in [0.2, 0.25) is 0 Å². The van der Waals surface area contributed by atoms with Crippen LogP contribution >= 0.6 is 0 Å². The van der Waals surface area contributed by atoms with Crippen molar-refractivity contribution >= 4 is 23.3 Å². The average Bonchev–Trinajstić information content (AvgIpc) is 2.64. The summed E-state index contributed by atoms with van der Waals surface area (Å²) in [5, 5.41) is 3.10. The molecule has 0 saturated heterocycles. The van der Waals surface area contributed by atoms with Gasteiger partial charge in [0.1, 0.15) is 5.75 Å². The number of ketones is 1. The number of Topliss-reactive ketones (excluding diaryl/α,β-unsaturated/α-hetero) is 1. The highest BCUT2D eigenvalue weighted by Gasteiger charge is 2.26. The van der Waals surface area contributed by atoms with Gasteiger partial charge in [-0.05, 0) is 44.4 Å². The lowest BCUT2D eigenvalue weighted by molar-refractivity contribution is -0.123. The third-order valence-corrected chi connectivity index (χ3v) is 5.06. The minimum absolute atomic E-state index is 0.0132. The summed E-state index contributed by atoms with van der Waals surface area (Å²) in [4.78, 5) is 37.6. The van der Waals surface area contributed by atoms with Gasteiger partial charge < -0.3 is 15.0 Å². The number of anilines is 1. The van der Waals surface area contributed by atoms with Gasteiger partial charge in [-0.3, -0.25) is 14.4 Å². The molecule has 6 nitrogen and oxygen atoms in total. The van der Waals surface area contributed by atoms with Crippen LogP contribution in [0.4, 0.5) is 5.69 Å². The summed E-state index contributed by atoms with van der Waals surface area (Å²) in [6.07, 6.45) is 6.72. The first-order valence-corrected chi connectivity index (χ1v) is 9.42. The first-order valence-electron chi connectivity index (χ1n) is 9.42.